The maximum atomic E-state index is 12.2. The first kappa shape index (κ1) is 18.5. The number of benzene rings is 2. The average molecular weight is 407 g/mol. The van der Waals surface area contributed by atoms with Crippen molar-refractivity contribution in [2.24, 2.45) is 5.10 Å². The Hall–Kier alpha value is -2.90. The molecule has 2 heterocycles. The van der Waals surface area contributed by atoms with Crippen LogP contribution in [0.25, 0.3) is 11.0 Å². The van der Waals surface area contributed by atoms with Crippen molar-refractivity contribution in [1.82, 2.24) is 15.4 Å². The van der Waals surface area contributed by atoms with Gasteiger partial charge in [-0.1, -0.05) is 36.0 Å². The molecule has 4 rings (SSSR count). The van der Waals surface area contributed by atoms with Crippen LogP contribution in [0, 0.1) is 6.92 Å². The fraction of sp³-hybridized carbons (Fsp3) is 0.0952. The minimum absolute atomic E-state index is 0.220. The second-order valence-corrected chi connectivity index (χ2v) is 8.12. The summed E-state index contributed by atoms with van der Waals surface area (Å²) in [5, 5.41) is 6.93. The number of aromatic nitrogens is 2. The van der Waals surface area contributed by atoms with Crippen molar-refractivity contribution in [2.75, 3.05) is 0 Å². The number of carbonyl (C=O) groups excluding carboxylic acids is 1. The quantitative estimate of drug-likeness (QED) is 0.269. The molecule has 0 aliphatic carbocycles. The number of para-hydroxylation sites is 2. The largest absolute Gasteiger partial charge is 0.333 e. The van der Waals surface area contributed by atoms with Crippen molar-refractivity contribution in [2.45, 2.75) is 17.8 Å². The van der Waals surface area contributed by atoms with E-state index in [1.54, 1.807) is 29.3 Å². The molecule has 140 valence electrons. The van der Waals surface area contributed by atoms with Gasteiger partial charge in [0, 0.05) is 16.2 Å². The van der Waals surface area contributed by atoms with Crippen molar-refractivity contribution in [3.8, 4) is 0 Å². The van der Waals surface area contributed by atoms with E-state index in [0.29, 0.717) is 5.56 Å². The molecular weight excluding hydrogens is 388 g/mol. The summed E-state index contributed by atoms with van der Waals surface area (Å²) in [5.41, 5.74) is 7.43. The number of hydrogen-bond donors (Lipinski definition) is 2. The lowest BCUT2D eigenvalue weighted by Gasteiger charge is -2.03. The topological polar surface area (TPSA) is 70.1 Å². The van der Waals surface area contributed by atoms with Gasteiger partial charge in [0.05, 0.1) is 17.2 Å². The molecule has 2 aromatic heterocycles. The number of nitrogens with zero attached hydrogens (tertiary/aromatic N) is 2. The van der Waals surface area contributed by atoms with Crippen LogP contribution in [0.5, 0.6) is 0 Å². The van der Waals surface area contributed by atoms with Crippen LogP contribution in [0.3, 0.4) is 0 Å². The summed E-state index contributed by atoms with van der Waals surface area (Å²) in [5.74, 6) is 0.555. The smallest absolute Gasteiger partial charge is 0.271 e. The van der Waals surface area contributed by atoms with Crippen LogP contribution >= 0.6 is 23.1 Å². The Morgan fingerprint density at radius 2 is 2.04 bits per heavy atom. The van der Waals surface area contributed by atoms with E-state index in [-0.39, 0.29) is 5.91 Å². The monoisotopic (exact) mass is 406 g/mol. The highest BCUT2D eigenvalue weighted by Crippen LogP contribution is 2.23. The highest BCUT2D eigenvalue weighted by atomic mass is 32.2. The van der Waals surface area contributed by atoms with E-state index in [2.05, 4.69) is 20.5 Å². The summed E-state index contributed by atoms with van der Waals surface area (Å²) in [4.78, 5) is 21.1. The van der Waals surface area contributed by atoms with E-state index in [4.69, 9.17) is 0 Å². The molecular formula is C21H18N4OS2. The Balaban J connectivity index is 1.33. The lowest BCUT2D eigenvalue weighted by atomic mass is 10.1. The number of aryl methyl sites for hydroxylation is 1. The van der Waals surface area contributed by atoms with Gasteiger partial charge in [-0.15, -0.1) is 11.3 Å². The van der Waals surface area contributed by atoms with E-state index in [1.165, 1.54) is 0 Å². The lowest BCUT2D eigenvalue weighted by molar-refractivity contribution is 0.0955. The molecule has 0 spiro atoms. The van der Waals surface area contributed by atoms with Crippen molar-refractivity contribution < 1.29 is 4.79 Å². The number of hydrogen-bond acceptors (Lipinski definition) is 5. The van der Waals surface area contributed by atoms with Gasteiger partial charge in [-0.05, 0) is 53.8 Å². The van der Waals surface area contributed by atoms with Gasteiger partial charge < -0.3 is 4.98 Å². The molecule has 0 saturated carbocycles. The van der Waals surface area contributed by atoms with Crippen LogP contribution in [0.15, 0.2) is 70.2 Å². The summed E-state index contributed by atoms with van der Waals surface area (Å²) in [6.07, 6.45) is 1.68. The Morgan fingerprint density at radius 1 is 1.21 bits per heavy atom. The number of nitrogens with one attached hydrogen (secondary N) is 2. The average Bonchev–Trinajstić information content (AvgIpc) is 3.32. The number of rotatable bonds is 6. The van der Waals surface area contributed by atoms with Crippen LogP contribution in [-0.4, -0.2) is 22.1 Å². The summed E-state index contributed by atoms with van der Waals surface area (Å²) >= 11 is 3.23. The van der Waals surface area contributed by atoms with Crippen LogP contribution < -0.4 is 5.43 Å². The summed E-state index contributed by atoms with van der Waals surface area (Å²) in [6.45, 7) is 2.02. The first-order chi connectivity index (χ1) is 13.7. The number of hydrazone groups is 1. The number of H-pyrrole nitrogens is 1. The fourth-order valence-corrected chi connectivity index (χ4v) is 4.26. The Bertz CT molecular complexity index is 1100. The molecule has 0 atom stereocenters. The molecule has 0 unspecified atom stereocenters. The molecule has 0 aliphatic rings. The Morgan fingerprint density at radius 3 is 2.79 bits per heavy atom. The highest BCUT2D eigenvalue weighted by molar-refractivity contribution is 7.98. The maximum Gasteiger partial charge on any atom is 0.271 e. The fourth-order valence-electron chi connectivity index (χ4n) is 2.63. The van der Waals surface area contributed by atoms with E-state index in [9.17, 15) is 4.79 Å². The number of imidazole rings is 1. The summed E-state index contributed by atoms with van der Waals surface area (Å²) in [7, 11) is 0. The second kappa shape index (κ2) is 8.41. The van der Waals surface area contributed by atoms with Crippen molar-refractivity contribution in [3.05, 3.63) is 81.5 Å². The minimum Gasteiger partial charge on any atom is -0.333 e. The highest BCUT2D eigenvalue weighted by Gasteiger charge is 2.06. The van der Waals surface area contributed by atoms with Gasteiger partial charge in [0.2, 0.25) is 0 Å². The maximum absolute atomic E-state index is 12.2. The number of amides is 1. The van der Waals surface area contributed by atoms with Gasteiger partial charge in [-0.3, -0.25) is 4.79 Å². The van der Waals surface area contributed by atoms with Gasteiger partial charge in [0.25, 0.3) is 5.91 Å². The van der Waals surface area contributed by atoms with E-state index in [0.717, 1.165) is 37.9 Å². The van der Waals surface area contributed by atoms with Crippen molar-refractivity contribution in [3.63, 3.8) is 0 Å². The number of thioether (sulfide) groups is 1. The molecule has 1 amide bonds. The molecule has 0 fully saturated rings. The predicted molar refractivity (Wildman–Crippen MR) is 116 cm³/mol. The SMILES string of the molecule is Cc1ccsc1/C=N/NC(=O)c1ccc(CSc2nc3ccccc3[nH]2)cc1. The van der Waals surface area contributed by atoms with Gasteiger partial charge >= 0.3 is 0 Å². The molecule has 4 aromatic rings. The van der Waals surface area contributed by atoms with E-state index >= 15 is 0 Å². The van der Waals surface area contributed by atoms with E-state index < -0.39 is 0 Å². The lowest BCUT2D eigenvalue weighted by Crippen LogP contribution is -2.17. The third-order valence-corrected chi connectivity index (χ3v) is 6.11. The Kier molecular flexibility index (Phi) is 5.55. The standard InChI is InChI=1S/C21H18N4OS2/c1-14-10-11-27-19(14)12-22-25-20(26)16-8-6-15(7-9-16)13-28-21-23-17-4-2-3-5-18(17)24-21/h2-12H,13H2,1H3,(H,23,24)(H,25,26)/b22-12+. The van der Waals surface area contributed by atoms with Crippen LogP contribution in [0.1, 0.15) is 26.4 Å². The molecule has 0 saturated heterocycles. The van der Waals surface area contributed by atoms with E-state index in [1.807, 2.05) is 66.9 Å². The molecule has 5 nitrogen and oxygen atoms in total. The van der Waals surface area contributed by atoms with Crippen molar-refractivity contribution in [1.29, 1.82) is 0 Å². The van der Waals surface area contributed by atoms with Gasteiger partial charge in [0.15, 0.2) is 5.16 Å². The molecule has 7 heteroatoms. The van der Waals surface area contributed by atoms with Crippen LogP contribution in [-0.2, 0) is 5.75 Å². The predicted octanol–water partition coefficient (Wildman–Crippen LogP) is 4.99. The summed E-state index contributed by atoms with van der Waals surface area (Å²) in [6, 6.07) is 17.5. The third kappa shape index (κ3) is 4.32. The molecule has 2 N–H and O–H groups in total. The minimum atomic E-state index is -0.220. The summed E-state index contributed by atoms with van der Waals surface area (Å²) < 4.78 is 0. The molecule has 0 radical (unpaired) electrons. The number of aromatic amines is 1. The number of thiophene rings is 1. The van der Waals surface area contributed by atoms with Gasteiger partial charge in [-0.25, -0.2) is 10.4 Å². The first-order valence-electron chi connectivity index (χ1n) is 8.73. The van der Waals surface area contributed by atoms with Gasteiger partial charge in [-0.2, -0.15) is 5.10 Å². The van der Waals surface area contributed by atoms with Crippen LogP contribution in [0.4, 0.5) is 0 Å². The molecule has 28 heavy (non-hydrogen) atoms. The zero-order valence-electron chi connectivity index (χ0n) is 15.2. The molecule has 0 bridgehead atoms. The zero-order chi connectivity index (χ0) is 19.3. The first-order valence-corrected chi connectivity index (χ1v) is 10.6. The Labute approximate surface area is 170 Å². The van der Waals surface area contributed by atoms with Crippen molar-refractivity contribution >= 4 is 46.3 Å². The molecule has 0 aliphatic heterocycles. The van der Waals surface area contributed by atoms with Gasteiger partial charge in [0.1, 0.15) is 0 Å². The van der Waals surface area contributed by atoms with Crippen LogP contribution in [0.2, 0.25) is 0 Å². The number of fused-ring (bicyclic) bond motifs is 1. The second-order valence-electron chi connectivity index (χ2n) is 6.21. The zero-order valence-corrected chi connectivity index (χ0v) is 16.8. The normalized spacial score (nSPS) is 11.3. The molecule has 2 aromatic carbocycles. The number of carbonyl (C=O) groups is 1. The third-order valence-electron chi connectivity index (χ3n) is 4.21.